The Bertz CT molecular complexity index is 657. The zero-order valence-electron chi connectivity index (χ0n) is 13.0. The molecule has 22 heavy (non-hydrogen) atoms. The van der Waals surface area contributed by atoms with Crippen LogP contribution in [-0.4, -0.2) is 28.0 Å². The molecule has 1 saturated heterocycles. The van der Waals surface area contributed by atoms with E-state index >= 15 is 0 Å². The highest BCUT2D eigenvalue weighted by Crippen LogP contribution is 2.28. The molecule has 5 heteroatoms. The fourth-order valence-electron chi connectivity index (χ4n) is 3.06. The van der Waals surface area contributed by atoms with E-state index in [9.17, 15) is 4.79 Å². The van der Waals surface area contributed by atoms with Crippen molar-refractivity contribution >= 4 is 5.95 Å². The van der Waals surface area contributed by atoms with E-state index in [1.165, 1.54) is 5.56 Å². The summed E-state index contributed by atoms with van der Waals surface area (Å²) in [5, 5.41) is 0. The van der Waals surface area contributed by atoms with E-state index in [0.717, 1.165) is 50.3 Å². The Morgan fingerprint density at radius 1 is 1.27 bits per heavy atom. The summed E-state index contributed by atoms with van der Waals surface area (Å²) in [5.41, 5.74) is 2.32. The predicted octanol–water partition coefficient (Wildman–Crippen LogP) is 2.50. The number of aromatic amines is 1. The molecule has 1 fully saturated rings. The Hall–Kier alpha value is -2.17. The van der Waals surface area contributed by atoms with Crippen LogP contribution in [0.1, 0.15) is 43.2 Å². The second kappa shape index (κ2) is 6.73. The van der Waals surface area contributed by atoms with Crippen LogP contribution in [0.3, 0.4) is 0 Å². The van der Waals surface area contributed by atoms with Crippen LogP contribution in [0.4, 0.5) is 5.95 Å². The summed E-state index contributed by atoms with van der Waals surface area (Å²) in [5.74, 6) is 1.28. The number of aryl methyl sites for hydroxylation is 1. The van der Waals surface area contributed by atoms with Crippen molar-refractivity contribution in [2.45, 2.75) is 38.5 Å². The standard InChI is InChI=1S/C17H22N4O/c1-2-3-13-11-19-17(20-12-13)21-8-5-14(6-9-21)15-4-7-18-16(22)10-15/h4,7,10-12,14H,2-3,5-6,8-9H2,1H3,(H,18,22). The summed E-state index contributed by atoms with van der Waals surface area (Å²) in [6, 6.07) is 3.73. The Balaban J connectivity index is 1.62. The van der Waals surface area contributed by atoms with Gasteiger partial charge in [0.25, 0.3) is 0 Å². The van der Waals surface area contributed by atoms with E-state index in [1.54, 1.807) is 12.3 Å². The predicted molar refractivity (Wildman–Crippen MR) is 87.3 cm³/mol. The first kappa shape index (κ1) is 14.8. The zero-order chi connectivity index (χ0) is 15.4. The van der Waals surface area contributed by atoms with E-state index < -0.39 is 0 Å². The number of anilines is 1. The highest BCUT2D eigenvalue weighted by molar-refractivity contribution is 5.32. The first-order valence-electron chi connectivity index (χ1n) is 8.01. The molecule has 2 aromatic heterocycles. The average molecular weight is 298 g/mol. The fraction of sp³-hybridized carbons (Fsp3) is 0.471. The van der Waals surface area contributed by atoms with Crippen LogP contribution in [0.2, 0.25) is 0 Å². The third-order valence-electron chi connectivity index (χ3n) is 4.28. The van der Waals surface area contributed by atoms with Gasteiger partial charge in [-0.1, -0.05) is 13.3 Å². The second-order valence-corrected chi connectivity index (χ2v) is 5.89. The molecule has 0 unspecified atom stereocenters. The van der Waals surface area contributed by atoms with E-state index in [-0.39, 0.29) is 5.56 Å². The molecular weight excluding hydrogens is 276 g/mol. The van der Waals surface area contributed by atoms with Crippen molar-refractivity contribution in [3.05, 3.63) is 52.2 Å². The van der Waals surface area contributed by atoms with Crippen LogP contribution < -0.4 is 10.5 Å². The highest BCUT2D eigenvalue weighted by atomic mass is 16.1. The summed E-state index contributed by atoms with van der Waals surface area (Å²) in [6.07, 6.45) is 9.82. The average Bonchev–Trinajstić information content (AvgIpc) is 2.56. The number of H-pyrrole nitrogens is 1. The van der Waals surface area contributed by atoms with Crippen LogP contribution in [0, 0.1) is 0 Å². The number of rotatable bonds is 4. The van der Waals surface area contributed by atoms with E-state index in [1.807, 2.05) is 18.5 Å². The van der Waals surface area contributed by atoms with E-state index in [4.69, 9.17) is 0 Å². The number of hydrogen-bond acceptors (Lipinski definition) is 4. The Labute approximate surface area is 130 Å². The van der Waals surface area contributed by atoms with Crippen molar-refractivity contribution in [1.82, 2.24) is 15.0 Å². The molecule has 0 aliphatic carbocycles. The summed E-state index contributed by atoms with van der Waals surface area (Å²) in [4.78, 5) is 25.3. The maximum atomic E-state index is 11.4. The third kappa shape index (κ3) is 3.35. The summed E-state index contributed by atoms with van der Waals surface area (Å²) >= 11 is 0. The minimum absolute atomic E-state index is 0.0187. The normalized spacial score (nSPS) is 16.0. The molecule has 3 heterocycles. The maximum absolute atomic E-state index is 11.4. The van der Waals surface area contributed by atoms with Gasteiger partial charge in [0.15, 0.2) is 0 Å². The van der Waals surface area contributed by atoms with Gasteiger partial charge in [0, 0.05) is 37.7 Å². The molecule has 0 aromatic carbocycles. The molecule has 1 aliphatic rings. The third-order valence-corrected chi connectivity index (χ3v) is 4.28. The quantitative estimate of drug-likeness (QED) is 0.942. The lowest BCUT2D eigenvalue weighted by Gasteiger charge is -2.32. The molecule has 0 amide bonds. The Morgan fingerprint density at radius 3 is 2.64 bits per heavy atom. The zero-order valence-corrected chi connectivity index (χ0v) is 13.0. The Kier molecular flexibility index (Phi) is 4.51. The number of pyridine rings is 1. The molecule has 3 rings (SSSR count). The lowest BCUT2D eigenvalue weighted by atomic mass is 9.90. The lowest BCUT2D eigenvalue weighted by molar-refractivity contribution is 0.498. The molecule has 0 saturated carbocycles. The van der Waals surface area contributed by atoms with Crippen LogP contribution in [0.5, 0.6) is 0 Å². The molecule has 1 aliphatic heterocycles. The van der Waals surface area contributed by atoms with Crippen molar-refractivity contribution in [3.63, 3.8) is 0 Å². The molecular formula is C17H22N4O. The molecule has 2 aromatic rings. The topological polar surface area (TPSA) is 61.9 Å². The molecule has 0 bridgehead atoms. The van der Waals surface area contributed by atoms with Crippen LogP contribution in [0.15, 0.2) is 35.5 Å². The van der Waals surface area contributed by atoms with Crippen molar-refractivity contribution in [1.29, 1.82) is 0 Å². The summed E-state index contributed by atoms with van der Waals surface area (Å²) in [6.45, 7) is 4.03. The van der Waals surface area contributed by atoms with Crippen molar-refractivity contribution < 1.29 is 0 Å². The number of nitrogens with one attached hydrogen (secondary N) is 1. The molecule has 5 nitrogen and oxygen atoms in total. The maximum Gasteiger partial charge on any atom is 0.248 e. The van der Waals surface area contributed by atoms with E-state index in [2.05, 4.69) is 26.8 Å². The minimum atomic E-state index is -0.0187. The fourth-order valence-corrected chi connectivity index (χ4v) is 3.06. The number of hydrogen-bond donors (Lipinski definition) is 1. The number of piperidine rings is 1. The van der Waals surface area contributed by atoms with E-state index in [0.29, 0.717) is 5.92 Å². The smallest absolute Gasteiger partial charge is 0.248 e. The van der Waals surface area contributed by atoms with Crippen LogP contribution in [-0.2, 0) is 6.42 Å². The molecule has 0 atom stereocenters. The minimum Gasteiger partial charge on any atom is -0.341 e. The van der Waals surface area contributed by atoms with Crippen LogP contribution >= 0.6 is 0 Å². The largest absolute Gasteiger partial charge is 0.341 e. The highest BCUT2D eigenvalue weighted by Gasteiger charge is 2.22. The molecule has 116 valence electrons. The molecule has 0 radical (unpaired) electrons. The van der Waals surface area contributed by atoms with Gasteiger partial charge in [-0.2, -0.15) is 0 Å². The second-order valence-electron chi connectivity index (χ2n) is 5.89. The van der Waals surface area contributed by atoms with Crippen LogP contribution in [0.25, 0.3) is 0 Å². The van der Waals surface area contributed by atoms with Gasteiger partial charge in [-0.25, -0.2) is 9.97 Å². The Morgan fingerprint density at radius 2 is 2.00 bits per heavy atom. The van der Waals surface area contributed by atoms with Gasteiger partial charge in [0.1, 0.15) is 0 Å². The number of aromatic nitrogens is 3. The van der Waals surface area contributed by atoms with Gasteiger partial charge in [0.2, 0.25) is 11.5 Å². The number of nitrogens with zero attached hydrogens (tertiary/aromatic N) is 3. The van der Waals surface area contributed by atoms with Gasteiger partial charge in [0.05, 0.1) is 0 Å². The van der Waals surface area contributed by atoms with Gasteiger partial charge in [-0.3, -0.25) is 4.79 Å². The first-order valence-corrected chi connectivity index (χ1v) is 8.01. The van der Waals surface area contributed by atoms with Gasteiger partial charge in [-0.15, -0.1) is 0 Å². The van der Waals surface area contributed by atoms with Crippen molar-refractivity contribution in [2.75, 3.05) is 18.0 Å². The van der Waals surface area contributed by atoms with Gasteiger partial charge >= 0.3 is 0 Å². The van der Waals surface area contributed by atoms with Crippen molar-refractivity contribution in [2.24, 2.45) is 0 Å². The molecule has 0 spiro atoms. The van der Waals surface area contributed by atoms with Crippen molar-refractivity contribution in [3.8, 4) is 0 Å². The summed E-state index contributed by atoms with van der Waals surface area (Å²) < 4.78 is 0. The van der Waals surface area contributed by atoms with Gasteiger partial charge in [-0.05, 0) is 42.4 Å². The lowest BCUT2D eigenvalue weighted by Crippen LogP contribution is -2.34. The molecule has 1 N–H and O–H groups in total. The van der Waals surface area contributed by atoms with Gasteiger partial charge < -0.3 is 9.88 Å². The monoisotopic (exact) mass is 298 g/mol. The SMILES string of the molecule is CCCc1cnc(N2CCC(c3cc[nH]c(=O)c3)CC2)nc1. The summed E-state index contributed by atoms with van der Waals surface area (Å²) in [7, 11) is 0. The first-order chi connectivity index (χ1) is 10.8.